The van der Waals surface area contributed by atoms with Gasteiger partial charge in [0.05, 0.1) is 22.8 Å². The van der Waals surface area contributed by atoms with Gasteiger partial charge in [-0.15, -0.1) is 0 Å². The van der Waals surface area contributed by atoms with Crippen LogP contribution in [-0.2, 0) is 4.79 Å². The van der Waals surface area contributed by atoms with Crippen LogP contribution >= 0.6 is 11.6 Å². The SMILES string of the molecule is CC1CN(C)CC1CCOc1cc2ncnc(Nc3ccc(F)c(Cl)c3)c2cc1NC(=O)/C=C/CN1CC2CCC1CC2. The van der Waals surface area contributed by atoms with Crippen LogP contribution in [-0.4, -0.2) is 71.6 Å². The van der Waals surface area contributed by atoms with Crippen molar-refractivity contribution >= 4 is 45.6 Å². The second-order valence-corrected chi connectivity index (χ2v) is 12.9. The van der Waals surface area contributed by atoms with E-state index in [2.05, 4.69) is 44.4 Å². The van der Waals surface area contributed by atoms with E-state index in [0.717, 1.165) is 38.5 Å². The summed E-state index contributed by atoms with van der Waals surface area (Å²) in [5, 5.41) is 6.95. The Balaban J connectivity index is 1.21. The fraction of sp³-hybridized carbons (Fsp3) is 0.485. The molecule has 1 aliphatic carbocycles. The van der Waals surface area contributed by atoms with E-state index in [0.29, 0.717) is 58.3 Å². The summed E-state index contributed by atoms with van der Waals surface area (Å²) >= 11 is 6.00. The lowest BCUT2D eigenvalue weighted by molar-refractivity contribution is -0.111. The predicted octanol–water partition coefficient (Wildman–Crippen LogP) is 6.50. The Morgan fingerprint density at radius 2 is 1.98 bits per heavy atom. The molecule has 4 heterocycles. The number of halogens is 2. The molecular formula is C33H40ClFN6O2. The molecule has 228 valence electrons. The molecular weight excluding hydrogens is 567 g/mol. The molecule has 3 aliphatic heterocycles. The number of carbonyl (C=O) groups excluding carboxylic acids is 1. The van der Waals surface area contributed by atoms with Crippen molar-refractivity contribution in [2.45, 2.75) is 45.1 Å². The third-order valence-electron chi connectivity index (χ3n) is 9.31. The van der Waals surface area contributed by atoms with Gasteiger partial charge in [0.2, 0.25) is 5.91 Å². The number of carbonyl (C=O) groups is 1. The normalized spacial score (nSPS) is 24.2. The van der Waals surface area contributed by atoms with Crippen LogP contribution in [0.5, 0.6) is 5.75 Å². The zero-order valence-corrected chi connectivity index (χ0v) is 25.6. The molecule has 2 atom stereocenters. The molecule has 2 bridgehead atoms. The number of aromatic nitrogens is 2. The topological polar surface area (TPSA) is 82.6 Å². The van der Waals surface area contributed by atoms with Gasteiger partial charge in [0.1, 0.15) is 23.7 Å². The molecule has 8 nitrogen and oxygen atoms in total. The fourth-order valence-corrected chi connectivity index (χ4v) is 7.15. The Kier molecular flexibility index (Phi) is 9.12. The summed E-state index contributed by atoms with van der Waals surface area (Å²) in [6.45, 7) is 6.89. The number of nitrogens with zero attached hydrogens (tertiary/aromatic N) is 4. The van der Waals surface area contributed by atoms with E-state index < -0.39 is 5.82 Å². The average Bonchev–Trinajstić information content (AvgIpc) is 3.32. The Bertz CT molecular complexity index is 1490. The highest BCUT2D eigenvalue weighted by molar-refractivity contribution is 6.31. The number of ether oxygens (including phenoxy) is 1. The maximum Gasteiger partial charge on any atom is 0.248 e. The van der Waals surface area contributed by atoms with Crippen LogP contribution in [0, 0.1) is 23.6 Å². The van der Waals surface area contributed by atoms with Gasteiger partial charge in [-0.05, 0) is 81.2 Å². The number of nitrogens with one attached hydrogen (secondary N) is 2. The molecule has 0 radical (unpaired) electrons. The van der Waals surface area contributed by atoms with Crippen molar-refractivity contribution in [3.05, 3.63) is 59.7 Å². The minimum absolute atomic E-state index is 0.0129. The summed E-state index contributed by atoms with van der Waals surface area (Å²) in [4.78, 5) is 26.9. The van der Waals surface area contributed by atoms with Crippen molar-refractivity contribution in [3.8, 4) is 5.75 Å². The van der Waals surface area contributed by atoms with Gasteiger partial charge in [-0.1, -0.05) is 24.6 Å². The van der Waals surface area contributed by atoms with Crippen molar-refractivity contribution < 1.29 is 13.9 Å². The summed E-state index contributed by atoms with van der Waals surface area (Å²) in [6.07, 6.45) is 11.2. The van der Waals surface area contributed by atoms with Crippen molar-refractivity contribution in [1.82, 2.24) is 19.8 Å². The molecule has 43 heavy (non-hydrogen) atoms. The van der Waals surface area contributed by atoms with E-state index in [1.165, 1.54) is 44.1 Å². The number of likely N-dealkylation sites (tertiary alicyclic amines) is 1. The smallest absolute Gasteiger partial charge is 0.248 e. The maximum absolute atomic E-state index is 13.7. The molecule has 2 aromatic carbocycles. The zero-order valence-electron chi connectivity index (χ0n) is 24.9. The molecule has 2 unspecified atom stereocenters. The quantitative estimate of drug-likeness (QED) is 0.255. The number of fused-ring (bicyclic) bond motifs is 4. The number of anilines is 3. The lowest BCUT2D eigenvalue weighted by Crippen LogP contribution is -2.47. The largest absolute Gasteiger partial charge is 0.491 e. The first-order valence-corrected chi connectivity index (χ1v) is 15.7. The first kappa shape index (κ1) is 29.8. The molecule has 3 saturated heterocycles. The van der Waals surface area contributed by atoms with Gasteiger partial charge in [-0.25, -0.2) is 14.4 Å². The van der Waals surface area contributed by atoms with Crippen LogP contribution < -0.4 is 15.4 Å². The third-order valence-corrected chi connectivity index (χ3v) is 9.60. The molecule has 4 fully saturated rings. The number of benzene rings is 2. The summed E-state index contributed by atoms with van der Waals surface area (Å²) in [5.41, 5.74) is 1.79. The van der Waals surface area contributed by atoms with Gasteiger partial charge in [-0.3, -0.25) is 9.69 Å². The highest BCUT2D eigenvalue weighted by Crippen LogP contribution is 2.36. The summed E-state index contributed by atoms with van der Waals surface area (Å²) in [7, 11) is 2.16. The summed E-state index contributed by atoms with van der Waals surface area (Å²) in [6, 6.07) is 8.71. The average molecular weight is 607 g/mol. The Morgan fingerprint density at radius 3 is 2.70 bits per heavy atom. The molecule has 10 heteroatoms. The van der Waals surface area contributed by atoms with Crippen molar-refractivity contribution in [3.63, 3.8) is 0 Å². The standard InChI is InChI=1S/C33H40ClFN6O2/c1-21-17-40(2)19-23(21)11-13-43-31-16-29-26(33(37-20-36-29)38-24-7-10-28(35)27(34)14-24)15-30(31)39-32(42)4-3-12-41-18-22-5-8-25(41)9-6-22/h3-4,7,10,14-16,20-23,25H,5-6,8-9,11-13,17-19H2,1-2H3,(H,39,42)(H,36,37,38)/b4-3+. The number of hydrogen-bond acceptors (Lipinski definition) is 7. The third kappa shape index (κ3) is 7.11. The minimum Gasteiger partial charge on any atom is -0.491 e. The fourth-order valence-electron chi connectivity index (χ4n) is 6.97. The van der Waals surface area contributed by atoms with Crippen molar-refractivity contribution in [1.29, 1.82) is 0 Å². The van der Waals surface area contributed by atoms with Gasteiger partial charge in [0.25, 0.3) is 0 Å². The van der Waals surface area contributed by atoms with Gasteiger partial charge in [-0.2, -0.15) is 0 Å². The van der Waals surface area contributed by atoms with Gasteiger partial charge >= 0.3 is 0 Å². The molecule has 4 aliphatic rings. The van der Waals surface area contributed by atoms with E-state index in [1.54, 1.807) is 12.1 Å². The second-order valence-electron chi connectivity index (χ2n) is 12.5. The predicted molar refractivity (Wildman–Crippen MR) is 170 cm³/mol. The van der Waals surface area contributed by atoms with E-state index in [-0.39, 0.29) is 10.9 Å². The van der Waals surface area contributed by atoms with Crippen LogP contribution in [0.1, 0.15) is 39.0 Å². The Labute approximate surface area is 257 Å². The van der Waals surface area contributed by atoms with Crippen LogP contribution in [0.4, 0.5) is 21.6 Å². The summed E-state index contributed by atoms with van der Waals surface area (Å²) in [5.74, 6) is 2.35. The minimum atomic E-state index is -0.494. The molecule has 1 saturated carbocycles. The first-order valence-electron chi connectivity index (χ1n) is 15.4. The number of hydrogen-bond donors (Lipinski definition) is 2. The Hall–Kier alpha value is -3.27. The van der Waals surface area contributed by atoms with Crippen molar-refractivity contribution in [2.24, 2.45) is 17.8 Å². The van der Waals surface area contributed by atoms with Crippen LogP contribution in [0.15, 0.2) is 48.8 Å². The van der Waals surface area contributed by atoms with Crippen molar-refractivity contribution in [2.75, 3.05) is 50.5 Å². The lowest BCUT2D eigenvalue weighted by atomic mass is 9.80. The molecule has 1 amide bonds. The van der Waals surface area contributed by atoms with Gasteiger partial charge < -0.3 is 20.3 Å². The van der Waals surface area contributed by atoms with Crippen LogP contribution in [0.3, 0.4) is 0 Å². The molecule has 0 spiro atoms. The van der Waals surface area contributed by atoms with Crippen LogP contribution in [0.2, 0.25) is 5.02 Å². The van der Waals surface area contributed by atoms with E-state index in [1.807, 2.05) is 18.2 Å². The number of piperidine rings is 2. The van der Waals surface area contributed by atoms with Gasteiger partial charge in [0, 0.05) is 55.4 Å². The monoisotopic (exact) mass is 606 g/mol. The number of amides is 1. The first-order chi connectivity index (χ1) is 20.8. The number of rotatable bonds is 10. The van der Waals surface area contributed by atoms with E-state index in [9.17, 15) is 9.18 Å². The molecule has 2 N–H and O–H groups in total. The highest BCUT2D eigenvalue weighted by Gasteiger charge is 2.32. The van der Waals surface area contributed by atoms with E-state index in [4.69, 9.17) is 16.3 Å². The molecule has 1 aromatic heterocycles. The second kappa shape index (κ2) is 13.2. The van der Waals surface area contributed by atoms with E-state index >= 15 is 0 Å². The maximum atomic E-state index is 13.7. The van der Waals surface area contributed by atoms with Crippen LogP contribution in [0.25, 0.3) is 10.9 Å². The summed E-state index contributed by atoms with van der Waals surface area (Å²) < 4.78 is 20.0. The zero-order chi connectivity index (χ0) is 29.9. The lowest BCUT2D eigenvalue weighted by Gasteiger charge is -2.45. The molecule has 3 aromatic rings. The van der Waals surface area contributed by atoms with Gasteiger partial charge in [0.15, 0.2) is 0 Å². The highest BCUT2D eigenvalue weighted by atomic mass is 35.5. The molecule has 7 rings (SSSR count). The Morgan fingerprint density at radius 1 is 1.14 bits per heavy atom.